The molecule has 0 aliphatic carbocycles. The molecule has 5 nitrogen and oxygen atoms in total. The van der Waals surface area contributed by atoms with Crippen molar-refractivity contribution in [3.05, 3.63) is 53.1 Å². The summed E-state index contributed by atoms with van der Waals surface area (Å²) in [5.74, 6) is 0.200. The third-order valence-corrected chi connectivity index (χ3v) is 4.62. The fraction of sp³-hybridized carbons (Fsp3) is 0.333. The number of alkyl halides is 1. The number of aryl methyl sites for hydroxylation is 1. The summed E-state index contributed by atoms with van der Waals surface area (Å²) in [7, 11) is 0. The number of hydrogen-bond acceptors (Lipinski definition) is 3. The molecule has 0 fully saturated rings. The molecule has 0 unspecified atom stereocenters. The van der Waals surface area contributed by atoms with Gasteiger partial charge in [0.15, 0.2) is 0 Å². The zero-order chi connectivity index (χ0) is 19.6. The maximum Gasteiger partial charge on any atom is 0.259 e. The Morgan fingerprint density at radius 3 is 2.70 bits per heavy atom. The van der Waals surface area contributed by atoms with Crippen LogP contribution in [0.2, 0.25) is 0 Å². The highest BCUT2D eigenvalue weighted by molar-refractivity contribution is 6.29. The molecule has 3 rings (SSSR count). The highest BCUT2D eigenvalue weighted by atomic mass is 35.5. The standard InChI is InChI=1S/C21H23ClN2O3/c1-13(2)27-19-10-14(3)4-6-17(19)21(26)23-16-5-7-18-15(11-16)8-9-24(18)20(25)12-22/h4-7,10-11,13H,8-9,12H2,1-3H3,(H,23,26). The molecular weight excluding hydrogens is 364 g/mol. The van der Waals surface area contributed by atoms with Crippen LogP contribution < -0.4 is 15.0 Å². The van der Waals surface area contributed by atoms with Crippen LogP contribution in [0.3, 0.4) is 0 Å². The van der Waals surface area contributed by atoms with Gasteiger partial charge in [-0.2, -0.15) is 0 Å². The van der Waals surface area contributed by atoms with E-state index in [0.717, 1.165) is 23.2 Å². The maximum atomic E-state index is 12.8. The minimum Gasteiger partial charge on any atom is -0.490 e. The third-order valence-electron chi connectivity index (χ3n) is 4.39. The zero-order valence-electron chi connectivity index (χ0n) is 15.7. The van der Waals surface area contributed by atoms with Crippen LogP contribution in [0.5, 0.6) is 5.75 Å². The van der Waals surface area contributed by atoms with E-state index in [9.17, 15) is 9.59 Å². The maximum absolute atomic E-state index is 12.8. The molecule has 1 heterocycles. The number of benzene rings is 2. The second-order valence-corrected chi connectivity index (χ2v) is 7.16. The zero-order valence-corrected chi connectivity index (χ0v) is 16.5. The monoisotopic (exact) mass is 386 g/mol. The lowest BCUT2D eigenvalue weighted by molar-refractivity contribution is -0.116. The second kappa shape index (κ2) is 8.01. The number of nitrogens with one attached hydrogen (secondary N) is 1. The molecule has 27 heavy (non-hydrogen) atoms. The molecule has 0 spiro atoms. The van der Waals surface area contributed by atoms with Crippen molar-refractivity contribution in [2.75, 3.05) is 22.6 Å². The molecule has 2 aromatic carbocycles. The summed E-state index contributed by atoms with van der Waals surface area (Å²) in [6.45, 7) is 6.43. The highest BCUT2D eigenvalue weighted by Crippen LogP contribution is 2.31. The minimum atomic E-state index is -0.225. The van der Waals surface area contributed by atoms with E-state index in [4.69, 9.17) is 16.3 Å². The van der Waals surface area contributed by atoms with Gasteiger partial charge in [-0.05, 0) is 68.7 Å². The van der Waals surface area contributed by atoms with Crippen molar-refractivity contribution in [3.63, 3.8) is 0 Å². The van der Waals surface area contributed by atoms with Crippen molar-refractivity contribution in [2.24, 2.45) is 0 Å². The molecule has 6 heteroatoms. The lowest BCUT2D eigenvalue weighted by Crippen LogP contribution is -2.29. The lowest BCUT2D eigenvalue weighted by Gasteiger charge is -2.17. The SMILES string of the molecule is Cc1ccc(C(=O)Nc2ccc3c(c2)CCN3C(=O)CCl)c(OC(C)C)c1. The minimum absolute atomic E-state index is 0.0243. The van der Waals surface area contributed by atoms with Crippen LogP contribution in [0.15, 0.2) is 36.4 Å². The largest absolute Gasteiger partial charge is 0.490 e. The first-order valence-corrected chi connectivity index (χ1v) is 9.50. The number of halogens is 1. The molecular formula is C21H23ClN2O3. The van der Waals surface area contributed by atoms with Crippen LogP contribution in [0, 0.1) is 6.92 Å². The van der Waals surface area contributed by atoms with Gasteiger partial charge >= 0.3 is 0 Å². The van der Waals surface area contributed by atoms with Crippen LogP contribution in [-0.4, -0.2) is 30.3 Å². The van der Waals surface area contributed by atoms with E-state index in [0.29, 0.717) is 23.5 Å². The number of hydrogen-bond donors (Lipinski definition) is 1. The molecule has 0 aromatic heterocycles. The molecule has 0 radical (unpaired) electrons. The van der Waals surface area contributed by atoms with Gasteiger partial charge in [-0.3, -0.25) is 9.59 Å². The topological polar surface area (TPSA) is 58.6 Å². The molecule has 2 amide bonds. The third kappa shape index (κ3) is 4.25. The smallest absolute Gasteiger partial charge is 0.259 e. The molecule has 1 N–H and O–H groups in total. The Bertz CT molecular complexity index is 880. The number of carbonyl (C=O) groups excluding carboxylic acids is 2. The number of rotatable bonds is 5. The van der Waals surface area contributed by atoms with Gasteiger partial charge in [-0.1, -0.05) is 6.07 Å². The Kier molecular flexibility index (Phi) is 5.71. The number of anilines is 2. The first-order valence-electron chi connectivity index (χ1n) is 8.97. The number of fused-ring (bicyclic) bond motifs is 1. The molecule has 0 atom stereocenters. The van der Waals surface area contributed by atoms with Gasteiger partial charge in [0.2, 0.25) is 5.91 Å². The van der Waals surface area contributed by atoms with E-state index in [2.05, 4.69) is 5.32 Å². The quantitative estimate of drug-likeness (QED) is 0.785. The van der Waals surface area contributed by atoms with Crippen molar-refractivity contribution in [3.8, 4) is 5.75 Å². The van der Waals surface area contributed by atoms with E-state index >= 15 is 0 Å². The van der Waals surface area contributed by atoms with Gasteiger partial charge in [0.1, 0.15) is 11.6 Å². The van der Waals surface area contributed by atoms with Gasteiger partial charge in [0, 0.05) is 17.9 Å². The summed E-state index contributed by atoms with van der Waals surface area (Å²) in [6.07, 6.45) is 0.720. The van der Waals surface area contributed by atoms with Crippen LogP contribution >= 0.6 is 11.6 Å². The predicted octanol–water partition coefficient (Wildman–Crippen LogP) is 4.16. The summed E-state index contributed by atoms with van der Waals surface area (Å²) in [6, 6.07) is 11.1. The Hall–Kier alpha value is -2.53. The van der Waals surface area contributed by atoms with Gasteiger partial charge in [-0.25, -0.2) is 0 Å². The molecule has 0 saturated carbocycles. The van der Waals surface area contributed by atoms with Gasteiger partial charge in [0.25, 0.3) is 5.91 Å². The van der Waals surface area contributed by atoms with Crippen LogP contribution in [0.4, 0.5) is 11.4 Å². The Morgan fingerprint density at radius 2 is 2.00 bits per heavy atom. The van der Waals surface area contributed by atoms with Gasteiger partial charge in [-0.15, -0.1) is 11.6 Å². The van der Waals surface area contributed by atoms with Crippen molar-refractivity contribution >= 4 is 34.8 Å². The molecule has 1 aliphatic heterocycles. The van der Waals surface area contributed by atoms with Crippen molar-refractivity contribution in [2.45, 2.75) is 33.3 Å². The average Bonchev–Trinajstić information content (AvgIpc) is 3.03. The normalized spacial score (nSPS) is 12.9. The summed E-state index contributed by atoms with van der Waals surface area (Å²) in [5.41, 5.74) is 4.10. The Morgan fingerprint density at radius 1 is 1.22 bits per heavy atom. The number of nitrogens with zero attached hydrogens (tertiary/aromatic N) is 1. The van der Waals surface area contributed by atoms with Crippen molar-refractivity contribution < 1.29 is 14.3 Å². The van der Waals surface area contributed by atoms with Crippen LogP contribution in [0.25, 0.3) is 0 Å². The molecule has 0 bridgehead atoms. The first kappa shape index (κ1) is 19.2. The number of carbonyl (C=O) groups is 2. The van der Waals surface area contributed by atoms with Gasteiger partial charge in [0.05, 0.1) is 11.7 Å². The molecule has 2 aromatic rings. The first-order chi connectivity index (χ1) is 12.9. The Labute approximate surface area is 164 Å². The van der Waals surface area contributed by atoms with Crippen molar-refractivity contribution in [1.29, 1.82) is 0 Å². The predicted molar refractivity (Wildman–Crippen MR) is 108 cm³/mol. The van der Waals surface area contributed by atoms with Crippen LogP contribution in [-0.2, 0) is 11.2 Å². The van der Waals surface area contributed by atoms with E-state index < -0.39 is 0 Å². The summed E-state index contributed by atoms with van der Waals surface area (Å²) in [4.78, 5) is 26.3. The van der Waals surface area contributed by atoms with Gasteiger partial charge < -0.3 is 15.0 Å². The van der Waals surface area contributed by atoms with E-state index in [-0.39, 0.29) is 23.8 Å². The molecule has 1 aliphatic rings. The molecule has 0 saturated heterocycles. The summed E-state index contributed by atoms with van der Waals surface area (Å²) < 4.78 is 5.79. The highest BCUT2D eigenvalue weighted by Gasteiger charge is 2.24. The number of amides is 2. The van der Waals surface area contributed by atoms with Crippen molar-refractivity contribution in [1.82, 2.24) is 0 Å². The van der Waals surface area contributed by atoms with E-state index in [1.807, 2.05) is 45.0 Å². The summed E-state index contributed by atoms with van der Waals surface area (Å²) in [5, 5.41) is 2.93. The number of ether oxygens (including phenoxy) is 1. The Balaban J connectivity index is 1.81. The van der Waals surface area contributed by atoms with E-state index in [1.54, 1.807) is 17.0 Å². The second-order valence-electron chi connectivity index (χ2n) is 6.89. The van der Waals surface area contributed by atoms with E-state index in [1.165, 1.54) is 0 Å². The lowest BCUT2D eigenvalue weighted by atomic mass is 10.1. The summed E-state index contributed by atoms with van der Waals surface area (Å²) >= 11 is 5.67. The fourth-order valence-corrected chi connectivity index (χ4v) is 3.32. The molecule has 142 valence electrons. The van der Waals surface area contributed by atoms with Crippen LogP contribution in [0.1, 0.15) is 35.3 Å². The fourth-order valence-electron chi connectivity index (χ4n) is 3.18. The average molecular weight is 387 g/mol.